The monoisotopic (exact) mass is 641 g/mol. The lowest BCUT2D eigenvalue weighted by atomic mass is 9.86. The van der Waals surface area contributed by atoms with Crippen molar-refractivity contribution < 1.29 is 54.5 Å². The van der Waals surface area contributed by atoms with Gasteiger partial charge >= 0.3 is 12.5 Å². The van der Waals surface area contributed by atoms with Crippen molar-refractivity contribution in [1.29, 1.82) is 0 Å². The number of alkyl halides is 6. The molecule has 2 atom stereocenters. The number of anilines is 1. The molecule has 2 aliphatic rings. The van der Waals surface area contributed by atoms with Crippen molar-refractivity contribution in [2.24, 2.45) is 11.7 Å². The number of carbonyl (C=O) groups is 1. The van der Waals surface area contributed by atoms with E-state index in [9.17, 15) is 40.6 Å². The Labute approximate surface area is 248 Å². The highest BCUT2D eigenvalue weighted by Crippen LogP contribution is 2.52. The Kier molecular flexibility index (Phi) is 6.89. The predicted molar refractivity (Wildman–Crippen MR) is 141 cm³/mol. The molecule has 1 aliphatic heterocycles. The summed E-state index contributed by atoms with van der Waals surface area (Å²) in [6.07, 6.45) is -9.32. The van der Waals surface area contributed by atoms with Crippen LogP contribution in [0, 0.1) is 11.7 Å². The number of aliphatic hydroxyl groups is 1. The smallest absolute Gasteiger partial charge is 0.488 e. The van der Waals surface area contributed by atoms with Crippen LogP contribution in [-0.2, 0) is 11.1 Å². The maximum atomic E-state index is 14.2. The van der Waals surface area contributed by atoms with E-state index in [0.29, 0.717) is 12.8 Å². The van der Waals surface area contributed by atoms with Gasteiger partial charge in [0.25, 0.3) is 11.9 Å². The normalized spacial score (nSPS) is 19.6. The van der Waals surface area contributed by atoms with Gasteiger partial charge in [-0.15, -0.1) is 13.2 Å². The lowest BCUT2D eigenvalue weighted by Crippen LogP contribution is -2.52. The number of hydrogen-bond acceptors (Lipinski definition) is 9. The zero-order chi connectivity index (χ0) is 32.5. The average Bonchev–Trinajstić information content (AvgIpc) is 3.66. The fourth-order valence-electron chi connectivity index (χ4n) is 5.21. The number of nitrogens with one attached hydrogen (secondary N) is 1. The number of rotatable bonds is 7. The van der Waals surface area contributed by atoms with Crippen LogP contribution in [0.2, 0.25) is 0 Å². The zero-order valence-corrected chi connectivity index (χ0v) is 22.7. The quantitative estimate of drug-likeness (QED) is 0.211. The molecule has 0 saturated heterocycles. The average molecular weight is 642 g/mol. The molecule has 0 bridgehead atoms. The van der Waals surface area contributed by atoms with Crippen LogP contribution in [0.5, 0.6) is 11.5 Å². The fourth-order valence-corrected chi connectivity index (χ4v) is 5.21. The van der Waals surface area contributed by atoms with Crippen LogP contribution in [0.4, 0.5) is 36.7 Å². The molecule has 0 radical (unpaired) electrons. The van der Waals surface area contributed by atoms with E-state index in [1.165, 1.54) is 12.1 Å². The van der Waals surface area contributed by atoms with Gasteiger partial charge in [-0.05, 0) is 61.2 Å². The molecule has 6 N–H and O–H groups in total. The van der Waals surface area contributed by atoms with Gasteiger partial charge in [-0.3, -0.25) is 4.79 Å². The van der Waals surface area contributed by atoms with Crippen molar-refractivity contribution >= 4 is 23.0 Å². The van der Waals surface area contributed by atoms with Crippen LogP contribution in [0.25, 0.3) is 22.4 Å². The summed E-state index contributed by atoms with van der Waals surface area (Å²) in [5.74, 6) is -3.37. The van der Waals surface area contributed by atoms with Gasteiger partial charge in [-0.2, -0.15) is 18.2 Å². The molecule has 2 aromatic carbocycles. The molecule has 3 heterocycles. The number of aromatic nitrogens is 2. The van der Waals surface area contributed by atoms with Crippen LogP contribution in [0.1, 0.15) is 34.5 Å². The second kappa shape index (κ2) is 10.2. The number of carbonyl (C=O) groups excluding carboxylic acids is 1. The van der Waals surface area contributed by atoms with Crippen LogP contribution in [0.3, 0.4) is 0 Å². The summed E-state index contributed by atoms with van der Waals surface area (Å²) >= 11 is 0. The number of amides is 1. The summed E-state index contributed by atoms with van der Waals surface area (Å²) in [6, 6.07) is 6.92. The Morgan fingerprint density at radius 1 is 1.09 bits per heavy atom. The highest BCUT2D eigenvalue weighted by Gasteiger charge is 2.59. The third-order valence-electron chi connectivity index (χ3n) is 7.70. The molecule has 2 aromatic heterocycles. The molecular formula is C28H22F7N5O5. The zero-order valence-electron chi connectivity index (χ0n) is 22.7. The molecule has 1 aliphatic carbocycles. The van der Waals surface area contributed by atoms with E-state index in [0.717, 1.165) is 30.3 Å². The molecule has 6 rings (SSSR count). The SMILES string of the molecule is Nc1nc2c(OC(F)(F)F)cc(C(=O)NCC(O)(c3cc4c(c(-c5ccc(F)cc5)n3)OC[C@@]4(N)C(F)(F)F)C3CC3)cc2o1. The van der Waals surface area contributed by atoms with Gasteiger partial charge in [0.05, 0.1) is 12.2 Å². The second-order valence-corrected chi connectivity index (χ2v) is 10.8. The molecular weight excluding hydrogens is 619 g/mol. The number of fused-ring (bicyclic) bond motifs is 2. The number of halogens is 7. The summed E-state index contributed by atoms with van der Waals surface area (Å²) in [7, 11) is 0. The number of pyridine rings is 1. The molecule has 1 fully saturated rings. The number of nitrogens with two attached hydrogens (primary N) is 2. The molecule has 4 aromatic rings. The van der Waals surface area contributed by atoms with Crippen molar-refractivity contribution in [2.45, 2.75) is 36.5 Å². The predicted octanol–water partition coefficient (Wildman–Crippen LogP) is 4.65. The lowest BCUT2D eigenvalue weighted by Gasteiger charge is -2.31. The third kappa shape index (κ3) is 5.45. The summed E-state index contributed by atoms with van der Waals surface area (Å²) in [6.45, 7) is -1.61. The first-order valence-corrected chi connectivity index (χ1v) is 13.3. The molecule has 1 unspecified atom stereocenters. The molecule has 1 saturated carbocycles. The van der Waals surface area contributed by atoms with E-state index in [1.807, 2.05) is 0 Å². The van der Waals surface area contributed by atoms with Crippen LogP contribution in [0.15, 0.2) is 46.9 Å². The van der Waals surface area contributed by atoms with Gasteiger partial charge < -0.3 is 35.8 Å². The summed E-state index contributed by atoms with van der Waals surface area (Å²) in [5, 5.41) is 14.3. The Hall–Kier alpha value is -4.64. The molecule has 10 nitrogen and oxygen atoms in total. The summed E-state index contributed by atoms with van der Waals surface area (Å²) < 4.78 is 110. The van der Waals surface area contributed by atoms with E-state index in [-0.39, 0.29) is 28.3 Å². The number of ether oxygens (including phenoxy) is 2. The number of hydrogen-bond donors (Lipinski definition) is 4. The minimum Gasteiger partial charge on any atom is -0.488 e. The first kappa shape index (κ1) is 30.4. The maximum absolute atomic E-state index is 14.2. The largest absolute Gasteiger partial charge is 0.573 e. The lowest BCUT2D eigenvalue weighted by molar-refractivity contribution is -0.274. The first-order valence-electron chi connectivity index (χ1n) is 13.3. The fraction of sp³-hybridized carbons (Fsp3) is 0.321. The maximum Gasteiger partial charge on any atom is 0.573 e. The van der Waals surface area contributed by atoms with Gasteiger partial charge in [0, 0.05) is 16.7 Å². The van der Waals surface area contributed by atoms with E-state index in [2.05, 4.69) is 20.0 Å². The Balaban J connectivity index is 1.39. The van der Waals surface area contributed by atoms with E-state index >= 15 is 0 Å². The highest BCUT2D eigenvalue weighted by molar-refractivity contribution is 5.99. The van der Waals surface area contributed by atoms with Crippen molar-refractivity contribution in [3.63, 3.8) is 0 Å². The summed E-state index contributed by atoms with van der Waals surface area (Å²) in [5.41, 5.74) is 4.35. The van der Waals surface area contributed by atoms with E-state index in [4.69, 9.17) is 20.6 Å². The van der Waals surface area contributed by atoms with Crippen molar-refractivity contribution in [3.05, 3.63) is 65.1 Å². The van der Waals surface area contributed by atoms with E-state index < -0.39 is 82.9 Å². The van der Waals surface area contributed by atoms with Crippen LogP contribution < -0.4 is 26.3 Å². The molecule has 17 heteroatoms. The van der Waals surface area contributed by atoms with Gasteiger partial charge in [0.1, 0.15) is 23.7 Å². The molecule has 0 spiro atoms. The van der Waals surface area contributed by atoms with Gasteiger partial charge in [-0.1, -0.05) is 0 Å². The van der Waals surface area contributed by atoms with Gasteiger partial charge in [0.15, 0.2) is 28.1 Å². The summed E-state index contributed by atoms with van der Waals surface area (Å²) in [4.78, 5) is 21.2. The number of benzene rings is 2. The van der Waals surface area contributed by atoms with E-state index in [1.54, 1.807) is 0 Å². The minimum atomic E-state index is -5.15. The standard InChI is InChI=1S/C28H22F7N5O5/c29-15-5-1-12(2-6-15)20-22-16(26(37,11-43-22)27(30,31)32)9-19(39-20)25(42,14-3-4-14)10-38-23(41)13-7-17-21(40-24(36)44-17)18(8-13)45-28(33,34)35/h1-2,5-9,14,42H,3-4,10-11,37H2,(H2,36,40)(H,38,41)/t25?,26-/m0/s1. The number of oxazole rings is 1. The van der Waals surface area contributed by atoms with Crippen LogP contribution in [-0.4, -0.2) is 46.7 Å². The minimum absolute atomic E-state index is 0.147. The molecule has 1 amide bonds. The highest BCUT2D eigenvalue weighted by atomic mass is 19.4. The Bertz CT molecular complexity index is 1810. The third-order valence-corrected chi connectivity index (χ3v) is 7.70. The van der Waals surface area contributed by atoms with Crippen molar-refractivity contribution in [1.82, 2.24) is 15.3 Å². The van der Waals surface area contributed by atoms with Gasteiger partial charge in [-0.25, -0.2) is 9.37 Å². The molecule has 45 heavy (non-hydrogen) atoms. The number of nitrogens with zero attached hydrogens (tertiary/aromatic N) is 2. The van der Waals surface area contributed by atoms with Crippen molar-refractivity contribution in [2.75, 3.05) is 18.9 Å². The van der Waals surface area contributed by atoms with Crippen LogP contribution >= 0.6 is 0 Å². The molecule has 238 valence electrons. The second-order valence-electron chi connectivity index (χ2n) is 10.8. The Morgan fingerprint density at radius 2 is 1.78 bits per heavy atom. The Morgan fingerprint density at radius 3 is 2.40 bits per heavy atom. The number of nitrogen functional groups attached to an aromatic ring is 1. The first-order chi connectivity index (χ1) is 21.0. The van der Waals surface area contributed by atoms with Gasteiger partial charge in [0.2, 0.25) is 0 Å². The van der Waals surface area contributed by atoms with Crippen molar-refractivity contribution in [3.8, 4) is 22.8 Å². The topological polar surface area (TPSA) is 159 Å².